The van der Waals surface area contributed by atoms with E-state index in [0.717, 1.165) is 13.0 Å². The molecule has 0 bridgehead atoms. The molecule has 0 radical (unpaired) electrons. The monoisotopic (exact) mass is 286 g/mol. The van der Waals surface area contributed by atoms with E-state index in [1.54, 1.807) is 28.6 Å². The largest absolute Gasteiger partial charge is 0.480 e. The molecule has 0 aromatic rings. The molecule has 5 nitrogen and oxygen atoms in total. The van der Waals surface area contributed by atoms with Crippen LogP contribution in [0, 0.1) is 5.92 Å². The second-order valence-electron chi connectivity index (χ2n) is 5.42. The number of rotatable bonds is 4. The van der Waals surface area contributed by atoms with E-state index in [1.807, 2.05) is 6.92 Å². The maximum atomic E-state index is 12.5. The van der Waals surface area contributed by atoms with Crippen molar-refractivity contribution in [2.24, 2.45) is 5.92 Å². The first kappa shape index (κ1) is 14.5. The van der Waals surface area contributed by atoms with Crippen LogP contribution in [0.1, 0.15) is 32.6 Å². The van der Waals surface area contributed by atoms with E-state index in [-0.39, 0.29) is 11.4 Å². The minimum absolute atomic E-state index is 0.00237. The maximum Gasteiger partial charge on any atom is 0.327 e. The lowest BCUT2D eigenvalue weighted by atomic mass is 9.85. The van der Waals surface area contributed by atoms with E-state index in [4.69, 9.17) is 0 Å². The van der Waals surface area contributed by atoms with Crippen molar-refractivity contribution in [3.63, 3.8) is 0 Å². The van der Waals surface area contributed by atoms with Gasteiger partial charge >= 0.3 is 12.0 Å². The molecule has 19 heavy (non-hydrogen) atoms. The Morgan fingerprint density at radius 2 is 2.11 bits per heavy atom. The molecule has 6 heteroatoms. The molecule has 0 aromatic heterocycles. The standard InChI is InChI=1S/C13H22N2O3S/c1-3-11-15(10(8-19-11)12(16)17)13(18)14(2)7-9-5-4-6-9/h9-11H,3-8H2,1-2H3,(H,16,17). The zero-order valence-electron chi connectivity index (χ0n) is 11.5. The summed E-state index contributed by atoms with van der Waals surface area (Å²) >= 11 is 1.57. The van der Waals surface area contributed by atoms with Crippen molar-refractivity contribution in [1.29, 1.82) is 0 Å². The average molecular weight is 286 g/mol. The summed E-state index contributed by atoms with van der Waals surface area (Å²) in [5.41, 5.74) is 0. The molecular formula is C13H22N2O3S. The molecule has 108 valence electrons. The lowest BCUT2D eigenvalue weighted by molar-refractivity contribution is -0.141. The van der Waals surface area contributed by atoms with Gasteiger partial charge in [-0.2, -0.15) is 0 Å². The van der Waals surface area contributed by atoms with Crippen LogP contribution in [0.4, 0.5) is 4.79 Å². The van der Waals surface area contributed by atoms with Crippen LogP contribution in [0.3, 0.4) is 0 Å². The van der Waals surface area contributed by atoms with Gasteiger partial charge in [0, 0.05) is 19.3 Å². The molecule has 0 aromatic carbocycles. The molecule has 2 fully saturated rings. The van der Waals surface area contributed by atoms with Crippen molar-refractivity contribution < 1.29 is 14.7 Å². The minimum Gasteiger partial charge on any atom is -0.480 e. The Morgan fingerprint density at radius 3 is 2.58 bits per heavy atom. The van der Waals surface area contributed by atoms with Gasteiger partial charge in [0.15, 0.2) is 0 Å². The van der Waals surface area contributed by atoms with Gasteiger partial charge in [-0.1, -0.05) is 13.3 Å². The van der Waals surface area contributed by atoms with Crippen molar-refractivity contribution in [3.8, 4) is 0 Å². The van der Waals surface area contributed by atoms with Crippen LogP contribution in [-0.4, -0.2) is 57.7 Å². The Kier molecular flexibility index (Phi) is 4.60. The van der Waals surface area contributed by atoms with E-state index < -0.39 is 12.0 Å². The summed E-state index contributed by atoms with van der Waals surface area (Å²) in [5.74, 6) is 0.207. The number of hydrogen-bond donors (Lipinski definition) is 1. The third-order valence-electron chi connectivity index (χ3n) is 4.03. The highest BCUT2D eigenvalue weighted by atomic mass is 32.2. The van der Waals surface area contributed by atoms with Gasteiger partial charge in [-0.3, -0.25) is 4.90 Å². The fourth-order valence-corrected chi connectivity index (χ4v) is 4.00. The number of aliphatic carboxylic acids is 1. The molecule has 1 saturated heterocycles. The van der Waals surface area contributed by atoms with Gasteiger partial charge in [-0.15, -0.1) is 11.8 Å². The molecule has 2 aliphatic rings. The van der Waals surface area contributed by atoms with E-state index in [2.05, 4.69) is 0 Å². The smallest absolute Gasteiger partial charge is 0.327 e. The number of carboxylic acid groups (broad SMARTS) is 1. The summed E-state index contributed by atoms with van der Waals surface area (Å²) in [7, 11) is 1.79. The molecule has 2 unspecified atom stereocenters. The summed E-state index contributed by atoms with van der Waals surface area (Å²) in [6, 6.07) is -0.803. The number of carbonyl (C=O) groups excluding carboxylic acids is 1. The molecule has 1 aliphatic carbocycles. The first-order valence-electron chi connectivity index (χ1n) is 6.92. The van der Waals surface area contributed by atoms with Crippen LogP contribution >= 0.6 is 11.8 Å². The van der Waals surface area contributed by atoms with Crippen LogP contribution in [0.25, 0.3) is 0 Å². The number of carboxylic acids is 1. The molecule has 2 rings (SSSR count). The van der Waals surface area contributed by atoms with Crippen LogP contribution in [-0.2, 0) is 4.79 Å². The van der Waals surface area contributed by atoms with Gasteiger partial charge in [0.2, 0.25) is 0 Å². The topological polar surface area (TPSA) is 60.9 Å². The summed E-state index contributed by atoms with van der Waals surface area (Å²) in [4.78, 5) is 27.0. The SMILES string of the molecule is CCC1SCC(C(=O)O)N1C(=O)N(C)CC1CCC1. The Morgan fingerprint density at radius 1 is 1.42 bits per heavy atom. The molecule has 2 atom stereocenters. The third kappa shape index (κ3) is 2.99. The minimum atomic E-state index is -0.895. The van der Waals surface area contributed by atoms with E-state index in [1.165, 1.54) is 19.3 Å². The lowest BCUT2D eigenvalue weighted by Gasteiger charge is -2.35. The molecular weight excluding hydrogens is 264 g/mol. The Hall–Kier alpha value is -0.910. The number of thioether (sulfide) groups is 1. The van der Waals surface area contributed by atoms with Gasteiger partial charge in [0.1, 0.15) is 6.04 Å². The predicted molar refractivity (Wildman–Crippen MR) is 75.2 cm³/mol. The van der Waals surface area contributed by atoms with E-state index in [9.17, 15) is 14.7 Å². The van der Waals surface area contributed by atoms with Crippen molar-refractivity contribution in [2.45, 2.75) is 44.0 Å². The fraction of sp³-hybridized carbons (Fsp3) is 0.846. The molecule has 0 spiro atoms. The number of urea groups is 1. The summed E-state index contributed by atoms with van der Waals surface area (Å²) in [6.45, 7) is 2.75. The molecule has 2 amide bonds. The van der Waals surface area contributed by atoms with Crippen molar-refractivity contribution in [1.82, 2.24) is 9.80 Å². The Balaban J connectivity index is 2.02. The first-order valence-corrected chi connectivity index (χ1v) is 7.97. The quantitative estimate of drug-likeness (QED) is 0.859. The second kappa shape index (κ2) is 6.03. The van der Waals surface area contributed by atoms with Crippen LogP contribution in [0.2, 0.25) is 0 Å². The van der Waals surface area contributed by atoms with Crippen LogP contribution < -0.4 is 0 Å². The van der Waals surface area contributed by atoms with Gasteiger partial charge in [0.25, 0.3) is 0 Å². The highest BCUT2D eigenvalue weighted by Crippen LogP contribution is 2.33. The highest BCUT2D eigenvalue weighted by molar-refractivity contribution is 8.00. The van der Waals surface area contributed by atoms with E-state index in [0.29, 0.717) is 11.7 Å². The zero-order valence-corrected chi connectivity index (χ0v) is 12.4. The average Bonchev–Trinajstić information content (AvgIpc) is 2.76. The lowest BCUT2D eigenvalue weighted by Crippen LogP contribution is -2.51. The number of amides is 2. The highest BCUT2D eigenvalue weighted by Gasteiger charge is 2.42. The predicted octanol–water partition coefficient (Wildman–Crippen LogP) is 2.08. The number of carbonyl (C=O) groups is 2. The third-order valence-corrected chi connectivity index (χ3v) is 5.48. The molecule has 1 aliphatic heterocycles. The first-order chi connectivity index (χ1) is 9.04. The van der Waals surface area contributed by atoms with Crippen LogP contribution in [0.5, 0.6) is 0 Å². The van der Waals surface area contributed by atoms with E-state index >= 15 is 0 Å². The Labute approximate surface area is 118 Å². The van der Waals surface area contributed by atoms with Gasteiger partial charge in [-0.25, -0.2) is 9.59 Å². The Bertz CT molecular complexity index is 360. The van der Waals surface area contributed by atoms with Crippen LogP contribution in [0.15, 0.2) is 0 Å². The van der Waals surface area contributed by atoms with Gasteiger partial charge < -0.3 is 10.0 Å². The normalized spacial score (nSPS) is 27.2. The van der Waals surface area contributed by atoms with Crippen molar-refractivity contribution in [3.05, 3.63) is 0 Å². The number of nitrogens with zero attached hydrogens (tertiary/aromatic N) is 2. The summed E-state index contributed by atoms with van der Waals surface area (Å²) < 4.78 is 0. The maximum absolute atomic E-state index is 12.5. The van der Waals surface area contributed by atoms with Gasteiger partial charge in [0.05, 0.1) is 5.37 Å². The van der Waals surface area contributed by atoms with Gasteiger partial charge in [-0.05, 0) is 25.2 Å². The fourth-order valence-electron chi connectivity index (χ4n) is 2.66. The van der Waals surface area contributed by atoms with Crippen molar-refractivity contribution in [2.75, 3.05) is 19.3 Å². The summed E-state index contributed by atoms with van der Waals surface area (Å²) in [5, 5.41) is 9.24. The summed E-state index contributed by atoms with van der Waals surface area (Å²) in [6.07, 6.45) is 4.41. The zero-order chi connectivity index (χ0) is 14.0. The molecule has 1 N–H and O–H groups in total. The van der Waals surface area contributed by atoms with Crippen molar-refractivity contribution >= 4 is 23.8 Å². The second-order valence-corrected chi connectivity index (χ2v) is 6.63. The number of hydrogen-bond acceptors (Lipinski definition) is 3. The molecule has 1 saturated carbocycles. The molecule has 1 heterocycles.